The van der Waals surface area contributed by atoms with Gasteiger partial charge < -0.3 is 15.0 Å². The molecule has 0 aromatic heterocycles. The molecule has 120 valence electrons. The number of likely N-dealkylation sites (N-methyl/N-ethyl adjacent to an activating group) is 1. The molecule has 5 nitrogen and oxygen atoms in total. The highest BCUT2D eigenvalue weighted by molar-refractivity contribution is 6.39. The van der Waals surface area contributed by atoms with Crippen molar-refractivity contribution in [1.82, 2.24) is 4.90 Å². The third-order valence-electron chi connectivity index (χ3n) is 3.43. The van der Waals surface area contributed by atoms with E-state index in [1.807, 2.05) is 0 Å². The van der Waals surface area contributed by atoms with Gasteiger partial charge in [0.15, 0.2) is 0 Å². The molecule has 1 N–H and O–H groups in total. The lowest BCUT2D eigenvalue weighted by atomic mass is 10.2. The Morgan fingerprint density at radius 2 is 2.23 bits per heavy atom. The Bertz CT molecular complexity index is 541. The first-order chi connectivity index (χ1) is 10.5. The van der Waals surface area contributed by atoms with E-state index >= 15 is 0 Å². The number of carbonyl (C=O) groups is 2. The number of nitrogens with zero attached hydrogens (tertiary/aromatic N) is 1. The van der Waals surface area contributed by atoms with Gasteiger partial charge in [0.25, 0.3) is 0 Å². The Kier molecular flexibility index (Phi) is 5.74. The lowest BCUT2D eigenvalue weighted by molar-refractivity contribution is -0.144. The zero-order valence-corrected chi connectivity index (χ0v) is 13.0. The third kappa shape index (κ3) is 4.42. The summed E-state index contributed by atoms with van der Waals surface area (Å²) in [6.07, 6.45) is 1.82. The number of benzene rings is 1. The average molecular weight is 329 g/mol. The van der Waals surface area contributed by atoms with Crippen molar-refractivity contribution in [3.05, 3.63) is 29.0 Å². The molecule has 22 heavy (non-hydrogen) atoms. The van der Waals surface area contributed by atoms with Crippen molar-refractivity contribution in [2.75, 3.05) is 25.0 Å². The minimum Gasteiger partial charge on any atom is -0.376 e. The summed E-state index contributed by atoms with van der Waals surface area (Å²) in [5.41, 5.74) is 0.150. The third-order valence-corrected chi connectivity index (χ3v) is 3.65. The summed E-state index contributed by atoms with van der Waals surface area (Å²) in [7, 11) is 0. The molecule has 0 bridgehead atoms. The number of anilines is 1. The molecular weight excluding hydrogens is 311 g/mol. The normalized spacial score (nSPS) is 17.3. The zero-order valence-electron chi connectivity index (χ0n) is 12.3. The van der Waals surface area contributed by atoms with Crippen molar-refractivity contribution < 1.29 is 18.7 Å². The van der Waals surface area contributed by atoms with Gasteiger partial charge in [0.2, 0.25) is 0 Å². The fraction of sp³-hybridized carbons (Fsp3) is 0.467. The zero-order chi connectivity index (χ0) is 16.1. The molecule has 7 heteroatoms. The molecule has 0 radical (unpaired) electrons. The van der Waals surface area contributed by atoms with E-state index in [1.165, 1.54) is 11.0 Å². The Morgan fingerprint density at radius 1 is 1.45 bits per heavy atom. The molecule has 1 aromatic carbocycles. The molecule has 1 aromatic rings. The van der Waals surface area contributed by atoms with Crippen LogP contribution in [0.3, 0.4) is 0 Å². The van der Waals surface area contributed by atoms with Gasteiger partial charge in [0, 0.05) is 30.4 Å². The van der Waals surface area contributed by atoms with Crippen LogP contribution in [0.5, 0.6) is 0 Å². The summed E-state index contributed by atoms with van der Waals surface area (Å²) < 4.78 is 18.7. The van der Waals surface area contributed by atoms with Gasteiger partial charge in [-0.3, -0.25) is 9.59 Å². The Hall–Kier alpha value is -1.66. The SMILES string of the molecule is CCN(C[C@@H]1CCCO1)C(=O)C(=O)Nc1cc(F)cc(Cl)c1. The number of nitrogens with one attached hydrogen (secondary N) is 1. The molecule has 1 saturated heterocycles. The number of hydrogen-bond acceptors (Lipinski definition) is 3. The predicted octanol–water partition coefficient (Wildman–Crippen LogP) is 2.45. The Morgan fingerprint density at radius 3 is 2.82 bits per heavy atom. The average Bonchev–Trinajstić information content (AvgIpc) is 2.95. The van der Waals surface area contributed by atoms with E-state index in [0.29, 0.717) is 19.7 Å². The first kappa shape index (κ1) is 16.7. The topological polar surface area (TPSA) is 58.6 Å². The van der Waals surface area contributed by atoms with Gasteiger partial charge in [-0.2, -0.15) is 0 Å². The van der Waals surface area contributed by atoms with Crippen LogP contribution in [-0.2, 0) is 14.3 Å². The lowest BCUT2D eigenvalue weighted by Gasteiger charge is -2.23. The highest BCUT2D eigenvalue weighted by atomic mass is 35.5. The van der Waals surface area contributed by atoms with Crippen LogP contribution >= 0.6 is 11.6 Å². The van der Waals surface area contributed by atoms with Gasteiger partial charge in [-0.15, -0.1) is 0 Å². The molecule has 2 amide bonds. The minimum absolute atomic E-state index is 0.0275. The molecule has 2 rings (SSSR count). The van der Waals surface area contributed by atoms with E-state index < -0.39 is 17.6 Å². The summed E-state index contributed by atoms with van der Waals surface area (Å²) in [5, 5.41) is 2.52. The number of ether oxygens (including phenoxy) is 1. The van der Waals surface area contributed by atoms with Crippen molar-refractivity contribution in [3.8, 4) is 0 Å². The standard InChI is InChI=1S/C15H18ClFN2O3/c1-2-19(9-13-4-3-5-22-13)15(21)14(20)18-12-7-10(16)6-11(17)8-12/h6-8,13H,2-5,9H2,1H3,(H,18,20)/t13-/m0/s1. The number of hydrogen-bond donors (Lipinski definition) is 1. The molecule has 0 aliphatic carbocycles. The summed E-state index contributed by atoms with van der Waals surface area (Å²) in [6, 6.07) is 3.61. The molecule has 1 aliphatic rings. The summed E-state index contributed by atoms with van der Waals surface area (Å²) in [4.78, 5) is 25.6. The smallest absolute Gasteiger partial charge is 0.313 e. The second-order valence-corrected chi connectivity index (χ2v) is 5.53. The maximum Gasteiger partial charge on any atom is 0.313 e. The van der Waals surface area contributed by atoms with E-state index in [2.05, 4.69) is 5.32 Å². The highest BCUT2D eigenvalue weighted by Crippen LogP contribution is 2.18. The molecule has 0 saturated carbocycles. The largest absolute Gasteiger partial charge is 0.376 e. The van der Waals surface area contributed by atoms with Gasteiger partial charge in [-0.1, -0.05) is 11.6 Å². The van der Waals surface area contributed by atoms with Crippen molar-refractivity contribution in [2.24, 2.45) is 0 Å². The second-order valence-electron chi connectivity index (χ2n) is 5.09. The number of halogens is 2. The second kappa shape index (κ2) is 7.56. The fourth-order valence-electron chi connectivity index (χ4n) is 2.34. The molecule has 1 aliphatic heterocycles. The first-order valence-electron chi connectivity index (χ1n) is 7.17. The van der Waals surface area contributed by atoms with Crippen LogP contribution in [0.25, 0.3) is 0 Å². The number of carbonyl (C=O) groups excluding carboxylic acids is 2. The highest BCUT2D eigenvalue weighted by Gasteiger charge is 2.25. The van der Waals surface area contributed by atoms with Crippen molar-refractivity contribution in [3.63, 3.8) is 0 Å². The Balaban J connectivity index is 1.98. The van der Waals surface area contributed by atoms with E-state index in [1.54, 1.807) is 6.92 Å². The lowest BCUT2D eigenvalue weighted by Crippen LogP contribution is -2.43. The molecule has 0 unspecified atom stereocenters. The van der Waals surface area contributed by atoms with Gasteiger partial charge in [0.05, 0.1) is 6.10 Å². The van der Waals surface area contributed by atoms with Gasteiger partial charge in [0.1, 0.15) is 5.82 Å². The molecule has 0 spiro atoms. The Labute approximate surface area is 133 Å². The number of amides is 2. The fourth-order valence-corrected chi connectivity index (χ4v) is 2.57. The van der Waals surface area contributed by atoms with Crippen LogP contribution in [0, 0.1) is 5.82 Å². The van der Waals surface area contributed by atoms with E-state index in [-0.39, 0.29) is 16.8 Å². The quantitative estimate of drug-likeness (QED) is 0.864. The summed E-state index contributed by atoms with van der Waals surface area (Å²) in [6.45, 7) is 3.26. The first-order valence-corrected chi connectivity index (χ1v) is 7.55. The molecule has 1 heterocycles. The van der Waals surface area contributed by atoms with Gasteiger partial charge in [-0.25, -0.2) is 4.39 Å². The van der Waals surface area contributed by atoms with Gasteiger partial charge in [-0.05, 0) is 38.0 Å². The number of rotatable bonds is 4. The summed E-state index contributed by atoms with van der Waals surface area (Å²) in [5.74, 6) is -2.07. The minimum atomic E-state index is -0.818. The van der Waals surface area contributed by atoms with E-state index in [0.717, 1.165) is 25.0 Å². The van der Waals surface area contributed by atoms with Crippen LogP contribution in [0.1, 0.15) is 19.8 Å². The van der Waals surface area contributed by atoms with Crippen molar-refractivity contribution >= 4 is 29.1 Å². The maximum absolute atomic E-state index is 13.2. The van der Waals surface area contributed by atoms with Crippen LogP contribution in [0.15, 0.2) is 18.2 Å². The van der Waals surface area contributed by atoms with Crippen LogP contribution in [0.4, 0.5) is 10.1 Å². The van der Waals surface area contributed by atoms with E-state index in [4.69, 9.17) is 16.3 Å². The monoisotopic (exact) mass is 328 g/mol. The molecule has 1 atom stereocenters. The van der Waals surface area contributed by atoms with Crippen LogP contribution in [-0.4, -0.2) is 42.5 Å². The predicted molar refractivity (Wildman–Crippen MR) is 81.3 cm³/mol. The maximum atomic E-state index is 13.2. The molecular formula is C15H18ClFN2O3. The summed E-state index contributed by atoms with van der Waals surface area (Å²) >= 11 is 5.71. The van der Waals surface area contributed by atoms with Crippen molar-refractivity contribution in [2.45, 2.75) is 25.9 Å². The molecule has 1 fully saturated rings. The van der Waals surface area contributed by atoms with Crippen LogP contribution in [0.2, 0.25) is 5.02 Å². The van der Waals surface area contributed by atoms with Crippen molar-refractivity contribution in [1.29, 1.82) is 0 Å². The van der Waals surface area contributed by atoms with E-state index in [9.17, 15) is 14.0 Å². The van der Waals surface area contributed by atoms with Gasteiger partial charge >= 0.3 is 11.8 Å². The van der Waals surface area contributed by atoms with Crippen LogP contribution < -0.4 is 5.32 Å².